The summed E-state index contributed by atoms with van der Waals surface area (Å²) >= 11 is 0. The van der Waals surface area contributed by atoms with Crippen LogP contribution in [0.4, 0.5) is 17.1 Å². The Bertz CT molecular complexity index is 948. The zero-order chi connectivity index (χ0) is 20.1. The lowest BCUT2D eigenvalue weighted by Crippen LogP contribution is -2.49. The Morgan fingerprint density at radius 1 is 0.931 bits per heavy atom. The predicted molar refractivity (Wildman–Crippen MR) is 118 cm³/mol. The van der Waals surface area contributed by atoms with Crippen molar-refractivity contribution >= 4 is 23.0 Å². The number of para-hydroxylation sites is 1. The average Bonchev–Trinajstić information content (AvgIpc) is 2.80. The van der Waals surface area contributed by atoms with Crippen LogP contribution in [-0.4, -0.2) is 42.0 Å². The molecular weight excluding hydrogens is 360 g/mol. The number of nitrogens with zero attached hydrogens (tertiary/aromatic N) is 3. The quantitative estimate of drug-likeness (QED) is 0.708. The minimum Gasteiger partial charge on any atom is -0.368 e. The zero-order valence-electron chi connectivity index (χ0n) is 16.7. The van der Waals surface area contributed by atoms with Crippen molar-refractivity contribution in [2.24, 2.45) is 0 Å². The van der Waals surface area contributed by atoms with Gasteiger partial charge >= 0.3 is 0 Å². The molecule has 1 aliphatic heterocycles. The van der Waals surface area contributed by atoms with Gasteiger partial charge in [0.2, 0.25) is 0 Å². The molecule has 1 aliphatic rings. The molecule has 148 valence electrons. The molecule has 1 saturated heterocycles. The van der Waals surface area contributed by atoms with Gasteiger partial charge in [-0.2, -0.15) is 0 Å². The molecule has 2 heterocycles. The Morgan fingerprint density at radius 2 is 1.66 bits per heavy atom. The SMILES string of the molecule is CCc1ccc(Nc2ccnc(C(=O)N3CCN(c4ccccc4)CC3)c2)cc1. The highest BCUT2D eigenvalue weighted by Crippen LogP contribution is 2.20. The summed E-state index contributed by atoms with van der Waals surface area (Å²) in [5.74, 6) is -0.0114. The van der Waals surface area contributed by atoms with Crippen LogP contribution >= 0.6 is 0 Å². The number of pyridine rings is 1. The first kappa shape index (κ1) is 19.0. The second kappa shape index (κ2) is 8.78. The van der Waals surface area contributed by atoms with Gasteiger partial charge in [0.1, 0.15) is 5.69 Å². The van der Waals surface area contributed by atoms with Gasteiger partial charge in [0.15, 0.2) is 0 Å². The van der Waals surface area contributed by atoms with Crippen molar-refractivity contribution in [2.75, 3.05) is 36.4 Å². The maximum absolute atomic E-state index is 12.9. The molecule has 0 saturated carbocycles. The number of hydrogen-bond donors (Lipinski definition) is 1. The van der Waals surface area contributed by atoms with Crippen molar-refractivity contribution in [3.8, 4) is 0 Å². The molecule has 29 heavy (non-hydrogen) atoms. The van der Waals surface area contributed by atoms with E-state index in [1.807, 2.05) is 35.2 Å². The number of carbonyl (C=O) groups is 1. The largest absolute Gasteiger partial charge is 0.368 e. The molecule has 0 atom stereocenters. The molecule has 0 radical (unpaired) electrons. The normalized spacial score (nSPS) is 14.0. The van der Waals surface area contributed by atoms with Gasteiger partial charge in [0, 0.05) is 49.4 Å². The monoisotopic (exact) mass is 386 g/mol. The predicted octanol–water partition coefficient (Wildman–Crippen LogP) is 4.35. The van der Waals surface area contributed by atoms with Crippen molar-refractivity contribution in [3.05, 3.63) is 84.2 Å². The van der Waals surface area contributed by atoms with E-state index in [0.29, 0.717) is 18.8 Å². The smallest absolute Gasteiger partial charge is 0.272 e. The Balaban J connectivity index is 1.39. The van der Waals surface area contributed by atoms with Crippen molar-refractivity contribution in [3.63, 3.8) is 0 Å². The molecule has 0 aliphatic carbocycles. The summed E-state index contributed by atoms with van der Waals surface area (Å²) in [7, 11) is 0. The highest BCUT2D eigenvalue weighted by molar-refractivity contribution is 5.93. The summed E-state index contributed by atoms with van der Waals surface area (Å²) in [6, 6.07) is 22.4. The van der Waals surface area contributed by atoms with Gasteiger partial charge in [-0.3, -0.25) is 9.78 Å². The fourth-order valence-corrected chi connectivity index (χ4v) is 3.58. The average molecular weight is 386 g/mol. The molecule has 5 heteroatoms. The van der Waals surface area contributed by atoms with Crippen molar-refractivity contribution in [1.82, 2.24) is 9.88 Å². The van der Waals surface area contributed by atoms with E-state index in [0.717, 1.165) is 30.9 Å². The van der Waals surface area contributed by atoms with Crippen LogP contribution in [0.1, 0.15) is 23.0 Å². The summed E-state index contributed by atoms with van der Waals surface area (Å²) in [6.45, 7) is 5.20. The molecule has 0 spiro atoms. The van der Waals surface area contributed by atoms with Crippen LogP contribution in [0.15, 0.2) is 72.9 Å². The number of nitrogens with one attached hydrogen (secondary N) is 1. The number of aromatic nitrogens is 1. The number of carbonyl (C=O) groups excluding carboxylic acids is 1. The second-order valence-electron chi connectivity index (χ2n) is 7.22. The molecule has 1 amide bonds. The summed E-state index contributed by atoms with van der Waals surface area (Å²) in [6.07, 6.45) is 2.71. The third-order valence-corrected chi connectivity index (χ3v) is 5.32. The molecule has 0 unspecified atom stereocenters. The third-order valence-electron chi connectivity index (χ3n) is 5.32. The van der Waals surface area contributed by atoms with Gasteiger partial charge < -0.3 is 15.1 Å². The van der Waals surface area contributed by atoms with E-state index in [1.54, 1.807) is 6.20 Å². The third kappa shape index (κ3) is 4.57. The van der Waals surface area contributed by atoms with Gasteiger partial charge in [0.25, 0.3) is 5.91 Å². The van der Waals surface area contributed by atoms with E-state index >= 15 is 0 Å². The Labute approximate surface area is 172 Å². The summed E-state index contributed by atoms with van der Waals surface area (Å²) < 4.78 is 0. The number of rotatable bonds is 5. The molecule has 1 N–H and O–H groups in total. The number of amides is 1. The lowest BCUT2D eigenvalue weighted by Gasteiger charge is -2.36. The van der Waals surface area contributed by atoms with Crippen LogP contribution < -0.4 is 10.2 Å². The lowest BCUT2D eigenvalue weighted by molar-refractivity contribution is 0.0741. The molecular formula is C24H26N4O. The first-order valence-electron chi connectivity index (χ1n) is 10.1. The number of benzene rings is 2. The van der Waals surface area contributed by atoms with Gasteiger partial charge in [-0.25, -0.2) is 0 Å². The maximum atomic E-state index is 12.9. The Morgan fingerprint density at radius 3 is 2.34 bits per heavy atom. The van der Waals surface area contributed by atoms with Crippen molar-refractivity contribution in [1.29, 1.82) is 0 Å². The lowest BCUT2D eigenvalue weighted by atomic mass is 10.1. The number of piperazine rings is 1. The van der Waals surface area contributed by atoms with E-state index in [2.05, 4.69) is 58.5 Å². The fourth-order valence-electron chi connectivity index (χ4n) is 3.58. The van der Waals surface area contributed by atoms with E-state index in [-0.39, 0.29) is 5.91 Å². The molecule has 1 aromatic heterocycles. The van der Waals surface area contributed by atoms with Crippen molar-refractivity contribution in [2.45, 2.75) is 13.3 Å². The summed E-state index contributed by atoms with van der Waals surface area (Å²) in [5, 5.41) is 3.36. The Kier molecular flexibility index (Phi) is 5.75. The highest BCUT2D eigenvalue weighted by atomic mass is 16.2. The van der Waals surface area contributed by atoms with E-state index in [1.165, 1.54) is 11.3 Å². The first-order chi connectivity index (χ1) is 14.2. The Hall–Kier alpha value is -3.34. The summed E-state index contributed by atoms with van der Waals surface area (Å²) in [4.78, 5) is 21.5. The number of hydrogen-bond acceptors (Lipinski definition) is 4. The van der Waals surface area contributed by atoms with Crippen LogP contribution in [0.3, 0.4) is 0 Å². The van der Waals surface area contributed by atoms with Crippen LogP contribution in [0.2, 0.25) is 0 Å². The minimum atomic E-state index is -0.0114. The standard InChI is InChI=1S/C24H26N4O/c1-2-19-8-10-20(11-9-19)26-21-12-13-25-23(18-21)24(29)28-16-14-27(15-17-28)22-6-4-3-5-7-22/h3-13,18H,2,14-17H2,1H3,(H,25,26). The van der Waals surface area contributed by atoms with Gasteiger partial charge in [-0.1, -0.05) is 37.3 Å². The molecule has 2 aromatic carbocycles. The molecule has 4 rings (SSSR count). The van der Waals surface area contributed by atoms with Crippen LogP contribution in [-0.2, 0) is 6.42 Å². The molecule has 3 aromatic rings. The number of aryl methyl sites for hydroxylation is 1. The summed E-state index contributed by atoms with van der Waals surface area (Å²) in [5.41, 5.74) is 4.86. The van der Waals surface area contributed by atoms with E-state index in [9.17, 15) is 4.79 Å². The first-order valence-corrected chi connectivity index (χ1v) is 10.1. The van der Waals surface area contributed by atoms with E-state index < -0.39 is 0 Å². The van der Waals surface area contributed by atoms with Gasteiger partial charge in [-0.15, -0.1) is 0 Å². The topological polar surface area (TPSA) is 48.5 Å². The molecule has 1 fully saturated rings. The second-order valence-corrected chi connectivity index (χ2v) is 7.22. The highest BCUT2D eigenvalue weighted by Gasteiger charge is 2.23. The number of anilines is 3. The fraction of sp³-hybridized carbons (Fsp3) is 0.250. The van der Waals surface area contributed by atoms with Crippen LogP contribution in [0.25, 0.3) is 0 Å². The van der Waals surface area contributed by atoms with Crippen LogP contribution in [0, 0.1) is 0 Å². The van der Waals surface area contributed by atoms with Crippen molar-refractivity contribution < 1.29 is 4.79 Å². The molecule has 0 bridgehead atoms. The maximum Gasteiger partial charge on any atom is 0.272 e. The van der Waals surface area contributed by atoms with Crippen LogP contribution in [0.5, 0.6) is 0 Å². The van der Waals surface area contributed by atoms with Gasteiger partial charge in [-0.05, 0) is 48.4 Å². The molecule has 5 nitrogen and oxygen atoms in total. The minimum absolute atomic E-state index is 0.0114. The van der Waals surface area contributed by atoms with E-state index in [4.69, 9.17) is 0 Å². The van der Waals surface area contributed by atoms with Gasteiger partial charge in [0.05, 0.1) is 0 Å². The zero-order valence-corrected chi connectivity index (χ0v) is 16.7.